The lowest BCUT2D eigenvalue weighted by Gasteiger charge is -2.30. The molecular weight excluding hydrogens is 422 g/mol. The highest BCUT2D eigenvalue weighted by atomic mass is 16.6. The zero-order valence-corrected chi connectivity index (χ0v) is 18.8. The molecule has 2 aromatic rings. The Hall–Kier alpha value is -3.48. The number of likely N-dealkylation sites (tertiary alicyclic amines) is 1. The number of carbonyl (C=O) groups excluding carboxylic acids is 1. The number of nitrogens with zero attached hydrogens (tertiary/aromatic N) is 5. The van der Waals surface area contributed by atoms with Crippen molar-refractivity contribution >= 4 is 17.4 Å². The van der Waals surface area contributed by atoms with E-state index in [1.807, 2.05) is 25.1 Å². The number of oxime groups is 1. The minimum atomic E-state index is -0.366. The summed E-state index contributed by atoms with van der Waals surface area (Å²) in [7, 11) is 1.46. The van der Waals surface area contributed by atoms with Crippen LogP contribution in [0.5, 0.6) is 0 Å². The van der Waals surface area contributed by atoms with Crippen LogP contribution in [-0.4, -0.2) is 79.2 Å². The van der Waals surface area contributed by atoms with Crippen LogP contribution in [0.4, 0.5) is 5.82 Å². The number of aromatic nitrogens is 1. The number of morpholine rings is 1. The summed E-state index contributed by atoms with van der Waals surface area (Å²) in [5, 5.41) is 23.2. The molecule has 0 radical (unpaired) electrons. The molecule has 2 fully saturated rings. The van der Waals surface area contributed by atoms with Gasteiger partial charge in [-0.05, 0) is 36.2 Å². The Bertz CT molecular complexity index is 1100. The van der Waals surface area contributed by atoms with Crippen LogP contribution in [0.3, 0.4) is 0 Å². The molecule has 9 nitrogen and oxygen atoms in total. The Morgan fingerprint density at radius 2 is 2.09 bits per heavy atom. The molecular formula is C24H27N5O4. The molecule has 0 bridgehead atoms. The van der Waals surface area contributed by atoms with Gasteiger partial charge in [0.1, 0.15) is 18.6 Å². The van der Waals surface area contributed by atoms with E-state index in [9.17, 15) is 15.2 Å². The van der Waals surface area contributed by atoms with Crippen LogP contribution >= 0.6 is 0 Å². The number of hydrogen-bond donors (Lipinski definition) is 1. The van der Waals surface area contributed by atoms with Gasteiger partial charge in [-0.1, -0.05) is 17.3 Å². The predicted octanol–water partition coefficient (Wildman–Crippen LogP) is 1.97. The maximum Gasteiger partial charge on any atom is 0.273 e. The lowest BCUT2D eigenvalue weighted by Crippen LogP contribution is -2.39. The summed E-state index contributed by atoms with van der Waals surface area (Å²) in [6.45, 7) is 4.51. The van der Waals surface area contributed by atoms with E-state index in [1.54, 1.807) is 17.0 Å². The summed E-state index contributed by atoms with van der Waals surface area (Å²) in [6, 6.07) is 11.1. The molecule has 0 spiro atoms. The van der Waals surface area contributed by atoms with Gasteiger partial charge in [-0.3, -0.25) is 4.79 Å². The van der Waals surface area contributed by atoms with Gasteiger partial charge in [0.2, 0.25) is 0 Å². The minimum absolute atomic E-state index is 0.164. The van der Waals surface area contributed by atoms with Crippen LogP contribution in [0.1, 0.15) is 28.0 Å². The van der Waals surface area contributed by atoms with Crippen LogP contribution < -0.4 is 4.90 Å². The normalized spacial score (nSPS) is 19.6. The topological polar surface area (TPSA) is 111 Å². The summed E-state index contributed by atoms with van der Waals surface area (Å²) in [5.41, 5.74) is 4.25. The number of hydrogen-bond acceptors (Lipinski definition) is 8. The molecule has 1 amide bonds. The van der Waals surface area contributed by atoms with Crippen molar-refractivity contribution in [1.82, 2.24) is 9.88 Å². The van der Waals surface area contributed by atoms with Crippen molar-refractivity contribution in [3.8, 4) is 17.2 Å². The number of pyridine rings is 1. The highest BCUT2D eigenvalue weighted by Crippen LogP contribution is 2.34. The molecule has 0 unspecified atom stereocenters. The molecule has 1 atom stereocenters. The Labute approximate surface area is 192 Å². The van der Waals surface area contributed by atoms with Gasteiger partial charge in [-0.2, -0.15) is 5.26 Å². The van der Waals surface area contributed by atoms with Crippen molar-refractivity contribution in [2.75, 3.05) is 51.5 Å². The van der Waals surface area contributed by atoms with Crippen LogP contribution in [0, 0.1) is 18.3 Å². The Morgan fingerprint density at radius 3 is 2.79 bits per heavy atom. The molecule has 1 aromatic carbocycles. The van der Waals surface area contributed by atoms with Gasteiger partial charge in [-0.25, -0.2) is 4.98 Å². The molecule has 0 saturated carbocycles. The summed E-state index contributed by atoms with van der Waals surface area (Å²) in [5.74, 6) is 0.423. The molecule has 0 aliphatic carbocycles. The summed E-state index contributed by atoms with van der Waals surface area (Å²) in [6.07, 6.45) is 0.463. The van der Waals surface area contributed by atoms with Gasteiger partial charge in [0.05, 0.1) is 49.8 Å². The van der Waals surface area contributed by atoms with E-state index < -0.39 is 0 Å². The fraction of sp³-hybridized carbons (Fsp3) is 0.417. The molecule has 1 aromatic heterocycles. The second kappa shape index (κ2) is 9.98. The first-order valence-corrected chi connectivity index (χ1v) is 10.9. The van der Waals surface area contributed by atoms with E-state index in [2.05, 4.69) is 16.1 Å². The molecule has 9 heteroatoms. The third-order valence-electron chi connectivity index (χ3n) is 6.11. The smallest absolute Gasteiger partial charge is 0.273 e. The largest absolute Gasteiger partial charge is 0.399 e. The van der Waals surface area contributed by atoms with Crippen molar-refractivity contribution in [2.45, 2.75) is 19.4 Å². The van der Waals surface area contributed by atoms with Gasteiger partial charge in [-0.15, -0.1) is 0 Å². The van der Waals surface area contributed by atoms with Crippen LogP contribution in [0.15, 0.2) is 35.5 Å². The highest BCUT2D eigenvalue weighted by molar-refractivity contribution is 6.00. The SMILES string of the molecule is CO/N=C1/C[C@@H](CO)N(C(=O)c2ccc(-c3cccc(C#N)c3C)c(N3CCOCC3)n2)C1. The minimum Gasteiger partial charge on any atom is -0.399 e. The zero-order valence-electron chi connectivity index (χ0n) is 18.8. The number of nitriles is 1. The molecule has 4 rings (SSSR count). The Balaban J connectivity index is 1.75. The fourth-order valence-electron chi connectivity index (χ4n) is 4.36. The van der Waals surface area contributed by atoms with Crippen LogP contribution in [0.25, 0.3) is 11.1 Å². The first-order chi connectivity index (χ1) is 16.1. The third-order valence-corrected chi connectivity index (χ3v) is 6.11. The van der Waals surface area contributed by atoms with Gasteiger partial charge in [0, 0.05) is 25.1 Å². The first kappa shape index (κ1) is 22.7. The number of aliphatic hydroxyl groups is 1. The number of benzene rings is 1. The van der Waals surface area contributed by atoms with E-state index in [1.165, 1.54) is 7.11 Å². The van der Waals surface area contributed by atoms with Gasteiger partial charge >= 0.3 is 0 Å². The van der Waals surface area contributed by atoms with Gasteiger partial charge in [0.25, 0.3) is 5.91 Å². The molecule has 33 heavy (non-hydrogen) atoms. The maximum atomic E-state index is 13.4. The predicted molar refractivity (Wildman–Crippen MR) is 123 cm³/mol. The molecule has 2 saturated heterocycles. The number of carbonyl (C=O) groups is 1. The Morgan fingerprint density at radius 1 is 1.30 bits per heavy atom. The van der Waals surface area contributed by atoms with E-state index in [0.29, 0.717) is 55.5 Å². The van der Waals surface area contributed by atoms with E-state index in [-0.39, 0.29) is 25.1 Å². The molecule has 1 N–H and O–H groups in total. The summed E-state index contributed by atoms with van der Waals surface area (Å²) < 4.78 is 5.51. The summed E-state index contributed by atoms with van der Waals surface area (Å²) in [4.78, 5) is 26.7. The average Bonchev–Trinajstić information content (AvgIpc) is 3.27. The number of anilines is 1. The average molecular weight is 450 g/mol. The van der Waals surface area contributed by atoms with Crippen molar-refractivity contribution in [3.63, 3.8) is 0 Å². The summed E-state index contributed by atoms with van der Waals surface area (Å²) >= 11 is 0. The fourth-order valence-corrected chi connectivity index (χ4v) is 4.36. The van der Waals surface area contributed by atoms with Crippen LogP contribution in [0.2, 0.25) is 0 Å². The number of rotatable bonds is 5. The van der Waals surface area contributed by atoms with Crippen molar-refractivity contribution in [3.05, 3.63) is 47.2 Å². The molecule has 172 valence electrons. The quantitative estimate of drug-likeness (QED) is 0.695. The van der Waals surface area contributed by atoms with Gasteiger partial charge < -0.3 is 24.5 Å². The van der Waals surface area contributed by atoms with Gasteiger partial charge in [0.15, 0.2) is 0 Å². The van der Waals surface area contributed by atoms with E-state index in [0.717, 1.165) is 16.7 Å². The van der Waals surface area contributed by atoms with E-state index in [4.69, 9.17) is 14.6 Å². The van der Waals surface area contributed by atoms with Crippen molar-refractivity contribution < 1.29 is 19.5 Å². The standard InChI is InChI=1S/C24H27N5O4/c1-16-17(13-25)4-3-5-20(16)21-6-7-22(26-23(21)28-8-10-33-11-9-28)24(31)29-14-18(27-32-2)12-19(29)15-30/h3-7,19,30H,8-12,14-15H2,1-2H3/b27-18-/t19-/m0/s1. The van der Waals surface area contributed by atoms with Crippen molar-refractivity contribution in [1.29, 1.82) is 5.26 Å². The third kappa shape index (κ3) is 4.53. The first-order valence-electron chi connectivity index (χ1n) is 10.9. The monoisotopic (exact) mass is 449 g/mol. The second-order valence-electron chi connectivity index (χ2n) is 8.07. The lowest BCUT2D eigenvalue weighted by atomic mass is 9.96. The van der Waals surface area contributed by atoms with Crippen molar-refractivity contribution in [2.24, 2.45) is 5.16 Å². The molecule has 2 aliphatic rings. The van der Waals surface area contributed by atoms with E-state index >= 15 is 0 Å². The lowest BCUT2D eigenvalue weighted by molar-refractivity contribution is 0.0674. The number of aliphatic hydroxyl groups excluding tert-OH is 1. The Kier molecular flexibility index (Phi) is 6.87. The molecule has 2 aliphatic heterocycles. The second-order valence-corrected chi connectivity index (χ2v) is 8.07. The molecule has 3 heterocycles. The maximum absolute atomic E-state index is 13.4. The highest BCUT2D eigenvalue weighted by Gasteiger charge is 2.34. The van der Waals surface area contributed by atoms with Crippen LogP contribution in [-0.2, 0) is 9.57 Å². The number of amides is 1. The number of ether oxygens (including phenoxy) is 1. The zero-order chi connectivity index (χ0) is 23.4.